The number of carbonyl (C=O) groups is 1. The van der Waals surface area contributed by atoms with Crippen molar-refractivity contribution < 1.29 is 13.2 Å². The third-order valence-corrected chi connectivity index (χ3v) is 6.20. The van der Waals surface area contributed by atoms with Gasteiger partial charge in [-0.2, -0.15) is 0 Å². The van der Waals surface area contributed by atoms with Crippen molar-refractivity contribution >= 4 is 27.3 Å². The molecule has 1 aromatic rings. The van der Waals surface area contributed by atoms with Gasteiger partial charge in [-0.15, -0.1) is 11.3 Å². The van der Waals surface area contributed by atoms with Gasteiger partial charge in [0.2, 0.25) is 15.9 Å². The van der Waals surface area contributed by atoms with Crippen molar-refractivity contribution in [2.24, 2.45) is 5.73 Å². The first kappa shape index (κ1) is 15.4. The van der Waals surface area contributed by atoms with Crippen LogP contribution in [0.3, 0.4) is 0 Å². The second-order valence-electron chi connectivity index (χ2n) is 4.94. The van der Waals surface area contributed by atoms with E-state index in [-0.39, 0.29) is 11.9 Å². The molecule has 1 atom stereocenters. The molecule has 1 amide bonds. The molecule has 8 heteroatoms. The molecule has 1 aromatic heterocycles. The van der Waals surface area contributed by atoms with Crippen LogP contribution >= 0.6 is 11.3 Å². The van der Waals surface area contributed by atoms with Gasteiger partial charge in [0.1, 0.15) is 4.21 Å². The molecule has 1 saturated heterocycles. The second kappa shape index (κ2) is 6.21. The number of hydrogen-bond donors (Lipinski definition) is 2. The summed E-state index contributed by atoms with van der Waals surface area (Å²) in [5, 5.41) is 1.73. The molecule has 0 spiro atoms. The predicted molar refractivity (Wildman–Crippen MR) is 77.9 cm³/mol. The lowest BCUT2D eigenvalue weighted by atomic mass is 10.1. The highest BCUT2D eigenvalue weighted by molar-refractivity contribution is 7.91. The van der Waals surface area contributed by atoms with Crippen molar-refractivity contribution in [2.45, 2.75) is 36.1 Å². The maximum absolute atomic E-state index is 12.1. The van der Waals surface area contributed by atoms with E-state index in [0.717, 1.165) is 0 Å². The molecule has 0 bridgehead atoms. The van der Waals surface area contributed by atoms with Gasteiger partial charge in [-0.25, -0.2) is 13.1 Å². The number of nitrogens with zero attached hydrogens (tertiary/aromatic N) is 1. The molecule has 0 saturated carbocycles. The number of rotatable bonds is 4. The van der Waals surface area contributed by atoms with Crippen molar-refractivity contribution in [1.82, 2.24) is 9.62 Å². The molecular weight excluding hydrogens is 298 g/mol. The number of piperidine rings is 1. The summed E-state index contributed by atoms with van der Waals surface area (Å²) >= 11 is 1.20. The van der Waals surface area contributed by atoms with E-state index < -0.39 is 16.1 Å². The minimum absolute atomic E-state index is 0.0791. The van der Waals surface area contributed by atoms with Crippen LogP contribution in [0.15, 0.2) is 21.7 Å². The van der Waals surface area contributed by atoms with Crippen molar-refractivity contribution in [2.75, 3.05) is 13.1 Å². The Morgan fingerprint density at radius 2 is 2.15 bits per heavy atom. The van der Waals surface area contributed by atoms with Crippen molar-refractivity contribution in [3.63, 3.8) is 0 Å². The monoisotopic (exact) mass is 317 g/mol. The van der Waals surface area contributed by atoms with E-state index in [4.69, 9.17) is 5.73 Å². The lowest BCUT2D eigenvalue weighted by Gasteiger charge is -2.33. The fourth-order valence-electron chi connectivity index (χ4n) is 2.20. The highest BCUT2D eigenvalue weighted by Gasteiger charge is 2.27. The SMILES string of the molecule is C[C@@H](N)C(=O)N1CCC(NS(=O)(=O)c2cccs2)CC1. The standard InChI is InChI=1S/C12H19N3O3S2/c1-9(13)12(16)15-6-4-10(5-7-15)14-20(17,18)11-3-2-8-19-11/h2-3,8-10,14H,4-7,13H2,1H3/t9-/m1/s1. The smallest absolute Gasteiger partial charge is 0.250 e. The average Bonchev–Trinajstić information content (AvgIpc) is 2.93. The fourth-order valence-corrected chi connectivity index (χ4v) is 4.51. The zero-order valence-electron chi connectivity index (χ0n) is 11.3. The van der Waals surface area contributed by atoms with Crippen molar-refractivity contribution in [3.8, 4) is 0 Å². The van der Waals surface area contributed by atoms with Gasteiger partial charge in [0.25, 0.3) is 0 Å². The summed E-state index contributed by atoms with van der Waals surface area (Å²) in [6.07, 6.45) is 1.23. The third kappa shape index (κ3) is 3.57. The van der Waals surface area contributed by atoms with Gasteiger partial charge in [-0.05, 0) is 31.2 Å². The van der Waals surface area contributed by atoms with Gasteiger partial charge >= 0.3 is 0 Å². The molecule has 0 radical (unpaired) electrons. The number of sulfonamides is 1. The molecule has 1 aliphatic heterocycles. The normalized spacial score (nSPS) is 19.0. The van der Waals surface area contributed by atoms with Gasteiger partial charge in [0.05, 0.1) is 6.04 Å². The van der Waals surface area contributed by atoms with Crippen LogP contribution in [-0.4, -0.2) is 44.4 Å². The van der Waals surface area contributed by atoms with Crippen LogP contribution in [0.2, 0.25) is 0 Å². The van der Waals surface area contributed by atoms with Gasteiger partial charge in [-0.3, -0.25) is 4.79 Å². The van der Waals surface area contributed by atoms with E-state index in [1.165, 1.54) is 11.3 Å². The predicted octanol–water partition coefficient (Wildman–Crippen LogP) is 0.365. The van der Waals surface area contributed by atoms with Gasteiger partial charge in [0, 0.05) is 19.1 Å². The Labute approximate surface area is 123 Å². The molecule has 1 aliphatic rings. The first-order chi connectivity index (χ1) is 9.40. The molecule has 0 aromatic carbocycles. The van der Waals surface area contributed by atoms with Crippen LogP contribution in [0.25, 0.3) is 0 Å². The van der Waals surface area contributed by atoms with Crippen LogP contribution in [0, 0.1) is 0 Å². The zero-order valence-corrected chi connectivity index (χ0v) is 12.9. The van der Waals surface area contributed by atoms with Crippen LogP contribution < -0.4 is 10.5 Å². The first-order valence-electron chi connectivity index (χ1n) is 6.50. The van der Waals surface area contributed by atoms with Crippen molar-refractivity contribution in [3.05, 3.63) is 17.5 Å². The summed E-state index contributed by atoms with van der Waals surface area (Å²) in [5.41, 5.74) is 5.57. The summed E-state index contributed by atoms with van der Waals surface area (Å²) in [5.74, 6) is -0.0791. The maximum Gasteiger partial charge on any atom is 0.250 e. The molecule has 0 unspecified atom stereocenters. The number of hydrogen-bond acceptors (Lipinski definition) is 5. The number of nitrogens with one attached hydrogen (secondary N) is 1. The molecule has 20 heavy (non-hydrogen) atoms. The van der Waals surface area contributed by atoms with E-state index in [9.17, 15) is 13.2 Å². The highest BCUT2D eigenvalue weighted by atomic mass is 32.2. The zero-order chi connectivity index (χ0) is 14.8. The van der Waals surface area contributed by atoms with Crippen LogP contribution in [0.4, 0.5) is 0 Å². The Bertz CT molecular complexity index is 547. The molecule has 0 aliphatic carbocycles. The quantitative estimate of drug-likeness (QED) is 0.839. The number of amides is 1. The lowest BCUT2D eigenvalue weighted by Crippen LogP contribution is -2.50. The largest absolute Gasteiger partial charge is 0.341 e. The molecule has 1 fully saturated rings. The average molecular weight is 317 g/mol. The van der Waals surface area contributed by atoms with Crippen LogP contribution in [-0.2, 0) is 14.8 Å². The van der Waals surface area contributed by atoms with E-state index in [1.807, 2.05) is 0 Å². The topological polar surface area (TPSA) is 92.5 Å². The Morgan fingerprint density at radius 1 is 1.50 bits per heavy atom. The molecule has 112 valence electrons. The number of thiophene rings is 1. The summed E-state index contributed by atoms with van der Waals surface area (Å²) in [6.45, 7) is 2.74. The Hall–Kier alpha value is -0.960. The number of nitrogens with two attached hydrogens (primary N) is 1. The van der Waals surface area contributed by atoms with E-state index in [0.29, 0.717) is 30.1 Å². The Balaban J connectivity index is 1.91. The van der Waals surface area contributed by atoms with Crippen LogP contribution in [0.5, 0.6) is 0 Å². The minimum Gasteiger partial charge on any atom is -0.341 e. The molecule has 6 nitrogen and oxygen atoms in total. The first-order valence-corrected chi connectivity index (χ1v) is 8.86. The lowest BCUT2D eigenvalue weighted by molar-refractivity contribution is -0.133. The summed E-state index contributed by atoms with van der Waals surface area (Å²) in [4.78, 5) is 13.4. The summed E-state index contributed by atoms with van der Waals surface area (Å²) in [7, 11) is -3.43. The van der Waals surface area contributed by atoms with E-state index >= 15 is 0 Å². The van der Waals surface area contributed by atoms with E-state index in [2.05, 4.69) is 4.72 Å². The molecule has 2 heterocycles. The molecular formula is C12H19N3O3S2. The minimum atomic E-state index is -3.43. The fraction of sp³-hybridized carbons (Fsp3) is 0.583. The second-order valence-corrected chi connectivity index (χ2v) is 7.83. The molecule has 3 N–H and O–H groups in total. The molecule has 2 rings (SSSR count). The van der Waals surface area contributed by atoms with Gasteiger partial charge in [0.15, 0.2) is 0 Å². The number of likely N-dealkylation sites (tertiary alicyclic amines) is 1. The summed E-state index contributed by atoms with van der Waals surface area (Å²) in [6, 6.07) is 2.67. The number of carbonyl (C=O) groups excluding carboxylic acids is 1. The third-order valence-electron chi connectivity index (χ3n) is 3.28. The summed E-state index contributed by atoms with van der Waals surface area (Å²) < 4.78 is 27.2. The van der Waals surface area contributed by atoms with Crippen molar-refractivity contribution in [1.29, 1.82) is 0 Å². The van der Waals surface area contributed by atoms with Gasteiger partial charge in [-0.1, -0.05) is 6.07 Å². The highest BCUT2D eigenvalue weighted by Crippen LogP contribution is 2.18. The van der Waals surface area contributed by atoms with E-state index in [1.54, 1.807) is 29.3 Å². The maximum atomic E-state index is 12.1. The van der Waals surface area contributed by atoms with Gasteiger partial charge < -0.3 is 10.6 Å². The Kier molecular flexibility index (Phi) is 4.79. The van der Waals surface area contributed by atoms with Crippen LogP contribution in [0.1, 0.15) is 19.8 Å². The Morgan fingerprint density at radius 3 is 2.65 bits per heavy atom.